The van der Waals surface area contributed by atoms with Crippen LogP contribution < -0.4 is 4.74 Å². The molecule has 0 aliphatic rings. The van der Waals surface area contributed by atoms with Gasteiger partial charge in [0, 0.05) is 52.5 Å². The number of para-hydroxylation sites is 5. The molecule has 268 valence electrons. The molecular formula is C49H41N5O. The van der Waals surface area contributed by atoms with Crippen molar-refractivity contribution in [1.29, 1.82) is 0 Å². The van der Waals surface area contributed by atoms with E-state index in [0.717, 1.165) is 61.8 Å². The van der Waals surface area contributed by atoms with Gasteiger partial charge in [-0.2, -0.15) is 0 Å². The molecule has 0 aliphatic heterocycles. The van der Waals surface area contributed by atoms with Gasteiger partial charge in [-0.15, -0.1) is 0 Å². The number of hydrogen-bond donors (Lipinski definition) is 0. The maximum atomic E-state index is 6.82. The Bertz CT molecular complexity index is 3090. The Labute approximate surface area is 319 Å². The van der Waals surface area contributed by atoms with Crippen molar-refractivity contribution in [3.8, 4) is 34.4 Å². The van der Waals surface area contributed by atoms with Gasteiger partial charge in [0.05, 0.1) is 38.8 Å². The van der Waals surface area contributed by atoms with Crippen molar-refractivity contribution in [2.45, 2.75) is 40.0 Å². The molecule has 0 aliphatic carbocycles. The Morgan fingerprint density at radius 1 is 0.564 bits per heavy atom. The first-order valence-corrected chi connectivity index (χ1v) is 18.9. The number of hydrogen-bond acceptors (Lipinski definition) is 3. The number of fused-ring (bicyclic) bond motifs is 7. The zero-order valence-electron chi connectivity index (χ0n) is 31.9. The van der Waals surface area contributed by atoms with Crippen LogP contribution in [0.4, 0.5) is 0 Å². The van der Waals surface area contributed by atoms with Crippen LogP contribution in [0.5, 0.6) is 11.5 Å². The number of pyridine rings is 1. The third-order valence-corrected chi connectivity index (χ3v) is 11.1. The summed E-state index contributed by atoms with van der Waals surface area (Å²) < 4.78 is 13.7. The molecule has 6 aromatic carbocycles. The predicted octanol–water partition coefficient (Wildman–Crippen LogP) is 12.5. The number of nitrogens with zero attached hydrogens (tertiary/aromatic N) is 5. The van der Waals surface area contributed by atoms with Crippen molar-refractivity contribution in [2.75, 3.05) is 0 Å². The topological polar surface area (TPSA) is 49.8 Å². The highest BCUT2D eigenvalue weighted by Crippen LogP contribution is 2.40. The Kier molecular flexibility index (Phi) is 7.30. The van der Waals surface area contributed by atoms with Gasteiger partial charge in [0.15, 0.2) is 0 Å². The van der Waals surface area contributed by atoms with Crippen molar-refractivity contribution >= 4 is 54.6 Å². The maximum absolute atomic E-state index is 6.82. The summed E-state index contributed by atoms with van der Waals surface area (Å²) in [5.74, 6) is 3.28. The quantitative estimate of drug-likeness (QED) is 0.178. The van der Waals surface area contributed by atoms with Crippen LogP contribution in [-0.2, 0) is 12.5 Å². The third kappa shape index (κ3) is 5.24. The average molecular weight is 716 g/mol. The number of aromatic nitrogens is 5. The molecule has 0 bridgehead atoms. The van der Waals surface area contributed by atoms with E-state index in [1.54, 1.807) is 0 Å². The summed E-state index contributed by atoms with van der Waals surface area (Å²) in [4.78, 5) is 10.0. The smallest absolute Gasteiger partial charge is 0.141 e. The van der Waals surface area contributed by atoms with Crippen LogP contribution in [0.3, 0.4) is 0 Å². The van der Waals surface area contributed by atoms with Crippen LogP contribution in [0.15, 0.2) is 140 Å². The summed E-state index contributed by atoms with van der Waals surface area (Å²) in [6, 6.07) is 47.2. The fourth-order valence-electron chi connectivity index (χ4n) is 8.41. The largest absolute Gasteiger partial charge is 0.457 e. The highest BCUT2D eigenvalue weighted by molar-refractivity contribution is 6.12. The summed E-state index contributed by atoms with van der Waals surface area (Å²) in [6.07, 6.45) is 1.93. The lowest BCUT2D eigenvalue weighted by molar-refractivity contribution is 0.479. The number of aryl methyl sites for hydroxylation is 3. The SMILES string of the molecule is Cc1cccc2c3cccc(C)c3n(-c3ccnc(-n4c5ccccc5c5ccc(Oc6cc(-c7nc8ccccc8n7C)cc(C(C)(C)C)c6)cc54)c3)c12. The van der Waals surface area contributed by atoms with Crippen molar-refractivity contribution in [3.63, 3.8) is 0 Å². The fourth-order valence-corrected chi connectivity index (χ4v) is 8.41. The Balaban J connectivity index is 1.13. The van der Waals surface area contributed by atoms with E-state index in [0.29, 0.717) is 0 Å². The van der Waals surface area contributed by atoms with Gasteiger partial charge >= 0.3 is 0 Å². The molecule has 6 heteroatoms. The van der Waals surface area contributed by atoms with Gasteiger partial charge < -0.3 is 13.9 Å². The van der Waals surface area contributed by atoms with Gasteiger partial charge in [0.25, 0.3) is 0 Å². The van der Waals surface area contributed by atoms with Gasteiger partial charge in [0.2, 0.25) is 0 Å². The molecule has 0 N–H and O–H groups in total. The van der Waals surface area contributed by atoms with Crippen LogP contribution in [0.25, 0.3) is 77.5 Å². The molecule has 0 fully saturated rings. The molecule has 0 amide bonds. The number of rotatable bonds is 5. The normalized spacial score (nSPS) is 12.2. The summed E-state index contributed by atoms with van der Waals surface area (Å²) >= 11 is 0. The van der Waals surface area contributed by atoms with E-state index in [9.17, 15) is 0 Å². The van der Waals surface area contributed by atoms with Gasteiger partial charge in [0.1, 0.15) is 23.1 Å². The standard InChI is InChI=1S/C49H41N5O/c1-30-13-11-16-39-40-17-12-14-31(2)47(40)53(46(30)39)34-23-24-50-45(28-34)54-42-19-9-7-15-37(42)38-22-21-35(29-44(38)54)55-36-26-32(25-33(27-36)49(3,4)5)48-51-41-18-8-10-20-43(41)52(48)6/h7-29H,1-6H3. The highest BCUT2D eigenvalue weighted by Gasteiger charge is 2.21. The Hall–Kier alpha value is -6.66. The summed E-state index contributed by atoms with van der Waals surface area (Å²) in [5.41, 5.74) is 12.3. The summed E-state index contributed by atoms with van der Waals surface area (Å²) in [6.45, 7) is 11.1. The molecule has 10 rings (SSSR count). The zero-order chi connectivity index (χ0) is 37.6. The molecular weight excluding hydrogens is 675 g/mol. The van der Waals surface area contributed by atoms with E-state index >= 15 is 0 Å². The van der Waals surface area contributed by atoms with Crippen molar-refractivity contribution < 1.29 is 4.74 Å². The predicted molar refractivity (Wildman–Crippen MR) is 227 cm³/mol. The minimum Gasteiger partial charge on any atom is -0.457 e. The van der Waals surface area contributed by atoms with Crippen molar-refractivity contribution in [3.05, 3.63) is 156 Å². The fraction of sp³-hybridized carbons (Fsp3) is 0.143. The van der Waals surface area contributed by atoms with Crippen molar-refractivity contribution in [2.24, 2.45) is 7.05 Å². The van der Waals surface area contributed by atoms with E-state index in [1.165, 1.54) is 43.9 Å². The molecule has 0 saturated carbocycles. The lowest BCUT2D eigenvalue weighted by Gasteiger charge is -2.21. The molecule has 0 saturated heterocycles. The second-order valence-corrected chi connectivity index (χ2v) is 15.8. The lowest BCUT2D eigenvalue weighted by atomic mass is 9.86. The first kappa shape index (κ1) is 32.9. The third-order valence-electron chi connectivity index (χ3n) is 11.1. The molecule has 0 radical (unpaired) electrons. The van der Waals surface area contributed by atoms with E-state index in [4.69, 9.17) is 14.7 Å². The molecule has 0 unspecified atom stereocenters. The zero-order valence-corrected chi connectivity index (χ0v) is 31.9. The number of benzene rings is 6. The first-order chi connectivity index (χ1) is 26.6. The lowest BCUT2D eigenvalue weighted by Crippen LogP contribution is -2.11. The molecule has 4 heterocycles. The number of ether oxygens (including phenoxy) is 1. The second-order valence-electron chi connectivity index (χ2n) is 15.8. The van der Waals surface area contributed by atoms with E-state index in [2.05, 4.69) is 183 Å². The van der Waals surface area contributed by atoms with Gasteiger partial charge in [-0.1, -0.05) is 87.5 Å². The van der Waals surface area contributed by atoms with Gasteiger partial charge in [-0.25, -0.2) is 9.97 Å². The minimum absolute atomic E-state index is 0.0980. The monoisotopic (exact) mass is 715 g/mol. The number of imidazole rings is 1. The maximum Gasteiger partial charge on any atom is 0.141 e. The van der Waals surface area contributed by atoms with E-state index < -0.39 is 0 Å². The van der Waals surface area contributed by atoms with Crippen molar-refractivity contribution in [1.82, 2.24) is 23.7 Å². The first-order valence-electron chi connectivity index (χ1n) is 18.9. The van der Waals surface area contributed by atoms with E-state index in [1.807, 2.05) is 12.3 Å². The molecule has 4 aromatic heterocycles. The van der Waals surface area contributed by atoms with Crippen LogP contribution in [0.2, 0.25) is 0 Å². The summed E-state index contributed by atoms with van der Waals surface area (Å²) in [7, 11) is 2.08. The second kappa shape index (κ2) is 12.2. The van der Waals surface area contributed by atoms with Crippen LogP contribution in [0, 0.1) is 13.8 Å². The Morgan fingerprint density at radius 3 is 1.96 bits per heavy atom. The molecule has 0 spiro atoms. The highest BCUT2D eigenvalue weighted by atomic mass is 16.5. The minimum atomic E-state index is -0.0980. The molecule has 6 nitrogen and oxygen atoms in total. The molecule has 10 aromatic rings. The van der Waals surface area contributed by atoms with E-state index in [-0.39, 0.29) is 5.41 Å². The van der Waals surface area contributed by atoms with Crippen LogP contribution in [0.1, 0.15) is 37.5 Å². The van der Waals surface area contributed by atoms with Gasteiger partial charge in [-0.05, 0) is 90.6 Å². The van der Waals surface area contributed by atoms with Crippen LogP contribution >= 0.6 is 0 Å². The van der Waals surface area contributed by atoms with Crippen LogP contribution in [-0.4, -0.2) is 23.7 Å². The summed E-state index contributed by atoms with van der Waals surface area (Å²) in [5, 5.41) is 4.82. The molecule has 55 heavy (non-hydrogen) atoms. The Morgan fingerprint density at radius 2 is 1.24 bits per heavy atom. The van der Waals surface area contributed by atoms with Gasteiger partial charge in [-0.3, -0.25) is 4.57 Å². The average Bonchev–Trinajstić information content (AvgIpc) is 3.83. The molecule has 0 atom stereocenters.